The van der Waals surface area contributed by atoms with Crippen molar-refractivity contribution in [2.45, 2.75) is 0 Å². The number of aromatic nitrogens is 3. The number of phenols is 1. The molecule has 0 saturated carbocycles. The normalized spacial score (nSPS) is 10.5. The van der Waals surface area contributed by atoms with Crippen LogP contribution in [0.3, 0.4) is 0 Å². The van der Waals surface area contributed by atoms with E-state index < -0.39 is 0 Å². The Hall–Kier alpha value is -3.04. The van der Waals surface area contributed by atoms with Gasteiger partial charge in [0.2, 0.25) is 0 Å². The van der Waals surface area contributed by atoms with Crippen molar-refractivity contribution in [2.75, 3.05) is 0 Å². The van der Waals surface area contributed by atoms with Gasteiger partial charge >= 0.3 is 68.9 Å². The van der Waals surface area contributed by atoms with Gasteiger partial charge in [0.1, 0.15) is 5.75 Å². The van der Waals surface area contributed by atoms with Gasteiger partial charge < -0.3 is 6.53 Å². The molecule has 4 nitrogen and oxygen atoms in total. The minimum atomic E-state index is 0. The zero-order chi connectivity index (χ0) is 25.0. The molecule has 0 aliphatic heterocycles. The van der Waals surface area contributed by atoms with Crippen molar-refractivity contribution < 1.29 is 75.4 Å². The first kappa shape index (κ1) is 26.6. The molecule has 0 amide bonds. The molecule has 0 spiro atoms. The third-order valence-electron chi connectivity index (χ3n) is 6.23. The smallest absolute Gasteiger partial charge is 1.00 e. The average Bonchev–Trinajstić information content (AvgIpc) is 2.98. The largest absolute Gasteiger partial charge is 1.00 e. The molecule has 0 bridgehead atoms. The van der Waals surface area contributed by atoms with E-state index in [1.54, 1.807) is 12.1 Å². The Labute approximate surface area is 282 Å². The summed E-state index contributed by atoms with van der Waals surface area (Å²) >= 11 is 0. The predicted octanol–water partition coefficient (Wildman–Crippen LogP) is 5.03. The maximum absolute atomic E-state index is 10.2. The van der Waals surface area contributed by atoms with E-state index in [1.807, 2.05) is 97.1 Å². The number of benzene rings is 4. The molecule has 0 aliphatic carbocycles. The Morgan fingerprint density at radius 3 is 1.53 bits per heavy atom. The first-order valence-corrected chi connectivity index (χ1v) is 12.1. The molecule has 0 saturated heterocycles. The molecule has 0 radical (unpaired) electrons. The standard InChI is InChI=1S/C33H23N3O.Cs.H/c37-32-17-8-7-14-27(32)29-16-9-15-28(34-29)25-18-20-26(21-19-25)33-35-30(23-10-3-1-4-11-23)22-31(36-33)24-12-5-2-6-13-24;;/h1-22,37H;;/q;+1;-1. The molecule has 1 N–H and O–H groups in total. The van der Waals surface area contributed by atoms with E-state index in [4.69, 9.17) is 15.0 Å². The number of hydrogen-bond acceptors (Lipinski definition) is 4. The minimum absolute atomic E-state index is 0. The second-order valence-corrected chi connectivity index (χ2v) is 8.70. The van der Waals surface area contributed by atoms with Gasteiger partial charge in [0.25, 0.3) is 0 Å². The Kier molecular flexibility index (Phi) is 8.54. The Morgan fingerprint density at radius 2 is 0.921 bits per heavy atom. The molecular formula is C33H24CsN3O. The molecule has 6 rings (SSSR count). The van der Waals surface area contributed by atoms with E-state index in [9.17, 15) is 5.11 Å². The van der Waals surface area contributed by atoms with Crippen LogP contribution in [-0.4, -0.2) is 20.1 Å². The van der Waals surface area contributed by atoms with E-state index >= 15 is 0 Å². The summed E-state index contributed by atoms with van der Waals surface area (Å²) in [6.45, 7) is 0. The molecule has 0 aliphatic rings. The van der Waals surface area contributed by atoms with Crippen molar-refractivity contribution in [3.05, 3.63) is 133 Å². The maximum atomic E-state index is 10.2. The van der Waals surface area contributed by atoms with Crippen molar-refractivity contribution in [3.8, 4) is 62.2 Å². The third-order valence-corrected chi connectivity index (χ3v) is 6.23. The molecule has 2 heterocycles. The van der Waals surface area contributed by atoms with Gasteiger partial charge in [0, 0.05) is 27.8 Å². The monoisotopic (exact) mass is 611 g/mol. The van der Waals surface area contributed by atoms with Crippen molar-refractivity contribution in [3.63, 3.8) is 0 Å². The van der Waals surface area contributed by atoms with Crippen LogP contribution in [0.1, 0.15) is 1.43 Å². The van der Waals surface area contributed by atoms with Gasteiger partial charge in [-0.25, -0.2) is 15.0 Å². The molecule has 178 valence electrons. The van der Waals surface area contributed by atoms with Crippen LogP contribution in [-0.2, 0) is 0 Å². The molecule has 6 aromatic rings. The van der Waals surface area contributed by atoms with Gasteiger partial charge in [-0.3, -0.25) is 0 Å². The second kappa shape index (κ2) is 12.2. The van der Waals surface area contributed by atoms with Crippen LogP contribution in [0.15, 0.2) is 133 Å². The van der Waals surface area contributed by atoms with E-state index in [0.29, 0.717) is 11.4 Å². The summed E-state index contributed by atoms with van der Waals surface area (Å²) in [7, 11) is 0. The average molecular weight is 611 g/mol. The number of para-hydroxylation sites is 1. The fourth-order valence-electron chi connectivity index (χ4n) is 4.32. The molecule has 0 fully saturated rings. The first-order chi connectivity index (χ1) is 18.2. The van der Waals surface area contributed by atoms with E-state index in [1.165, 1.54) is 0 Å². The van der Waals surface area contributed by atoms with Crippen LogP contribution in [0.25, 0.3) is 56.4 Å². The zero-order valence-corrected chi connectivity index (χ0v) is 27.3. The maximum Gasteiger partial charge on any atom is 1.00 e. The van der Waals surface area contributed by atoms with Crippen LogP contribution in [0.4, 0.5) is 0 Å². The van der Waals surface area contributed by atoms with Gasteiger partial charge in [-0.15, -0.1) is 0 Å². The second-order valence-electron chi connectivity index (χ2n) is 8.70. The predicted molar refractivity (Wildman–Crippen MR) is 150 cm³/mol. The van der Waals surface area contributed by atoms with Crippen LogP contribution >= 0.6 is 0 Å². The number of hydrogen-bond donors (Lipinski definition) is 1. The molecule has 0 atom stereocenters. The van der Waals surface area contributed by atoms with Gasteiger partial charge in [-0.1, -0.05) is 103 Å². The van der Waals surface area contributed by atoms with Gasteiger partial charge in [0.15, 0.2) is 5.82 Å². The molecule has 38 heavy (non-hydrogen) atoms. The Morgan fingerprint density at radius 1 is 0.421 bits per heavy atom. The number of phenolic OH excluding ortho intramolecular Hbond substituents is 1. The Bertz CT molecular complexity index is 1620. The fraction of sp³-hybridized carbons (Fsp3) is 0. The summed E-state index contributed by atoms with van der Waals surface area (Å²) in [5.41, 5.74) is 8.02. The van der Waals surface area contributed by atoms with Crippen LogP contribution < -0.4 is 68.9 Å². The fourth-order valence-corrected chi connectivity index (χ4v) is 4.32. The van der Waals surface area contributed by atoms with Crippen molar-refractivity contribution in [1.29, 1.82) is 0 Å². The van der Waals surface area contributed by atoms with Gasteiger partial charge in [-0.2, -0.15) is 0 Å². The molecule has 4 aromatic carbocycles. The minimum Gasteiger partial charge on any atom is -1.00 e. The van der Waals surface area contributed by atoms with Gasteiger partial charge in [-0.05, 0) is 30.3 Å². The molecule has 5 heteroatoms. The van der Waals surface area contributed by atoms with Crippen molar-refractivity contribution in [2.24, 2.45) is 0 Å². The summed E-state index contributed by atoms with van der Waals surface area (Å²) in [5, 5.41) is 10.2. The van der Waals surface area contributed by atoms with E-state index in [2.05, 4.69) is 24.3 Å². The first-order valence-electron chi connectivity index (χ1n) is 12.1. The number of aromatic hydroxyl groups is 1. The summed E-state index contributed by atoms with van der Waals surface area (Å²) < 4.78 is 0. The number of pyridine rings is 1. The molecule has 0 unspecified atom stereocenters. The van der Waals surface area contributed by atoms with Crippen molar-refractivity contribution >= 4 is 0 Å². The Balaban J connectivity index is 0.00000176. The molecule has 2 aromatic heterocycles. The summed E-state index contributed by atoms with van der Waals surface area (Å²) in [4.78, 5) is 14.6. The van der Waals surface area contributed by atoms with Crippen LogP contribution in [0.2, 0.25) is 0 Å². The van der Waals surface area contributed by atoms with Crippen LogP contribution in [0, 0.1) is 0 Å². The summed E-state index contributed by atoms with van der Waals surface area (Å²) in [6, 6.07) is 43.6. The van der Waals surface area contributed by atoms with Crippen LogP contribution in [0.5, 0.6) is 5.75 Å². The van der Waals surface area contributed by atoms with Gasteiger partial charge in [0.05, 0.1) is 22.8 Å². The SMILES string of the molecule is Oc1ccccc1-c1cccc(-c2ccc(-c3nc(-c4ccccc4)cc(-c4ccccc4)n3)cc2)n1.[Cs+].[H-]. The topological polar surface area (TPSA) is 58.9 Å². The number of rotatable bonds is 5. The number of nitrogens with zero attached hydrogens (tertiary/aromatic N) is 3. The molecular weight excluding hydrogens is 587 g/mol. The van der Waals surface area contributed by atoms with E-state index in [-0.39, 0.29) is 76.1 Å². The summed E-state index contributed by atoms with van der Waals surface area (Å²) in [6.07, 6.45) is 0. The van der Waals surface area contributed by atoms with Crippen molar-refractivity contribution in [1.82, 2.24) is 15.0 Å². The van der Waals surface area contributed by atoms with E-state index in [0.717, 1.165) is 45.0 Å². The zero-order valence-electron chi connectivity index (χ0n) is 22.0. The third kappa shape index (κ3) is 5.84. The quantitative estimate of drug-likeness (QED) is 0.297. The summed E-state index contributed by atoms with van der Waals surface area (Å²) in [5.74, 6) is 0.884.